The van der Waals surface area contributed by atoms with Gasteiger partial charge in [-0.3, -0.25) is 4.79 Å². The van der Waals surface area contributed by atoms with Gasteiger partial charge in [-0.05, 0) is 6.92 Å². The molecule has 11 heavy (non-hydrogen) atoms. The van der Waals surface area contributed by atoms with Crippen molar-refractivity contribution in [3.8, 4) is 11.6 Å². The first kappa shape index (κ1) is 7.65. The van der Waals surface area contributed by atoms with Crippen LogP contribution in [0.2, 0.25) is 0 Å². The molecule has 0 aliphatic rings. The number of pyridine rings is 1. The topological polar surface area (TPSA) is 62.3 Å². The van der Waals surface area contributed by atoms with Crippen molar-refractivity contribution in [2.24, 2.45) is 0 Å². The standard InChI is InChI=1S/C7H9NO3/c1-2-11-7-3-5(9)6(10)4-8-7/h3-4,10H,2H2,1H3,(H,8,9). The monoisotopic (exact) mass is 155 g/mol. The fourth-order valence-electron chi connectivity index (χ4n) is 0.684. The minimum atomic E-state index is -0.438. The van der Waals surface area contributed by atoms with Gasteiger partial charge in [-0.15, -0.1) is 0 Å². The molecule has 0 bridgehead atoms. The number of hydrogen-bond acceptors (Lipinski definition) is 3. The second kappa shape index (κ2) is 3.09. The molecular formula is C7H9NO3. The highest BCUT2D eigenvalue weighted by Gasteiger charge is 1.97. The number of aromatic amines is 1. The summed E-state index contributed by atoms with van der Waals surface area (Å²) in [5.74, 6) is 0.0729. The Morgan fingerprint density at radius 1 is 1.73 bits per heavy atom. The van der Waals surface area contributed by atoms with Crippen molar-refractivity contribution in [3.05, 3.63) is 22.5 Å². The van der Waals surface area contributed by atoms with E-state index in [2.05, 4.69) is 4.98 Å². The van der Waals surface area contributed by atoms with E-state index in [-0.39, 0.29) is 5.75 Å². The van der Waals surface area contributed by atoms with Gasteiger partial charge in [-0.2, -0.15) is 0 Å². The van der Waals surface area contributed by atoms with Crippen LogP contribution in [0.5, 0.6) is 11.6 Å². The van der Waals surface area contributed by atoms with Gasteiger partial charge in [0.15, 0.2) is 11.6 Å². The molecule has 0 fully saturated rings. The lowest BCUT2D eigenvalue weighted by molar-refractivity contribution is 0.325. The van der Waals surface area contributed by atoms with Crippen LogP contribution in [-0.2, 0) is 0 Å². The third-order valence-electron chi connectivity index (χ3n) is 1.17. The molecule has 0 amide bonds. The third kappa shape index (κ3) is 1.73. The molecule has 60 valence electrons. The van der Waals surface area contributed by atoms with Crippen LogP contribution in [0.15, 0.2) is 17.1 Å². The number of aromatic nitrogens is 1. The Labute approximate surface area is 63.5 Å². The maximum absolute atomic E-state index is 10.8. The molecule has 0 aliphatic heterocycles. The molecule has 0 aliphatic carbocycles. The summed E-state index contributed by atoms with van der Waals surface area (Å²) in [6, 6.07) is 1.21. The summed E-state index contributed by atoms with van der Waals surface area (Å²) in [5, 5.41) is 8.81. The van der Waals surface area contributed by atoms with E-state index in [0.717, 1.165) is 0 Å². The van der Waals surface area contributed by atoms with E-state index in [0.29, 0.717) is 12.5 Å². The lowest BCUT2D eigenvalue weighted by Crippen LogP contribution is -2.02. The van der Waals surface area contributed by atoms with Crippen molar-refractivity contribution in [2.75, 3.05) is 6.61 Å². The van der Waals surface area contributed by atoms with Gasteiger partial charge in [0, 0.05) is 12.3 Å². The molecule has 1 aromatic heterocycles. The molecule has 2 N–H and O–H groups in total. The molecule has 4 nitrogen and oxygen atoms in total. The van der Waals surface area contributed by atoms with Gasteiger partial charge in [0.1, 0.15) is 0 Å². The summed E-state index contributed by atoms with van der Waals surface area (Å²) >= 11 is 0. The molecule has 1 rings (SSSR count). The Morgan fingerprint density at radius 2 is 2.45 bits per heavy atom. The van der Waals surface area contributed by atoms with Crippen molar-refractivity contribution >= 4 is 0 Å². The van der Waals surface area contributed by atoms with Crippen molar-refractivity contribution in [3.63, 3.8) is 0 Å². The van der Waals surface area contributed by atoms with E-state index in [1.54, 1.807) is 0 Å². The van der Waals surface area contributed by atoms with Gasteiger partial charge in [-0.25, -0.2) is 0 Å². The second-order valence-corrected chi connectivity index (χ2v) is 1.98. The average Bonchev–Trinajstić information content (AvgIpc) is 1.98. The lowest BCUT2D eigenvalue weighted by atomic mass is 10.4. The molecule has 0 radical (unpaired) electrons. The van der Waals surface area contributed by atoms with Crippen molar-refractivity contribution < 1.29 is 9.84 Å². The van der Waals surface area contributed by atoms with Gasteiger partial charge in [0.05, 0.1) is 6.61 Å². The molecule has 1 aromatic rings. The average molecular weight is 155 g/mol. The van der Waals surface area contributed by atoms with Crippen molar-refractivity contribution in [1.29, 1.82) is 0 Å². The summed E-state index contributed by atoms with van der Waals surface area (Å²) in [7, 11) is 0. The van der Waals surface area contributed by atoms with Gasteiger partial charge in [-0.1, -0.05) is 0 Å². The van der Waals surface area contributed by atoms with E-state index in [4.69, 9.17) is 9.84 Å². The van der Waals surface area contributed by atoms with Crippen LogP contribution in [0.4, 0.5) is 0 Å². The zero-order valence-electron chi connectivity index (χ0n) is 6.13. The number of ether oxygens (including phenoxy) is 1. The Morgan fingerprint density at radius 3 is 3.00 bits per heavy atom. The molecular weight excluding hydrogens is 146 g/mol. The maximum Gasteiger partial charge on any atom is 0.226 e. The largest absolute Gasteiger partial charge is 0.503 e. The molecule has 0 unspecified atom stereocenters. The number of H-pyrrole nitrogens is 1. The number of hydrogen-bond donors (Lipinski definition) is 2. The normalized spacial score (nSPS) is 9.55. The molecule has 0 spiro atoms. The number of nitrogens with one attached hydrogen (secondary N) is 1. The summed E-state index contributed by atoms with van der Waals surface area (Å²) in [4.78, 5) is 13.4. The molecule has 0 atom stereocenters. The minimum absolute atomic E-state index is 0.298. The zero-order valence-corrected chi connectivity index (χ0v) is 6.13. The maximum atomic E-state index is 10.8. The Hall–Kier alpha value is -1.45. The molecule has 0 aromatic carbocycles. The first-order valence-corrected chi connectivity index (χ1v) is 3.28. The van der Waals surface area contributed by atoms with Crippen LogP contribution in [0.1, 0.15) is 6.92 Å². The molecule has 0 saturated heterocycles. The molecule has 4 heteroatoms. The zero-order chi connectivity index (χ0) is 8.27. The predicted octanol–water partition coefficient (Wildman–Crippen LogP) is 0.479. The van der Waals surface area contributed by atoms with E-state index in [1.807, 2.05) is 6.92 Å². The highest BCUT2D eigenvalue weighted by molar-refractivity contribution is 5.21. The van der Waals surface area contributed by atoms with E-state index < -0.39 is 5.43 Å². The Balaban J connectivity index is 2.96. The molecule has 0 saturated carbocycles. The first-order valence-electron chi connectivity index (χ1n) is 3.28. The van der Waals surface area contributed by atoms with E-state index in [9.17, 15) is 4.79 Å². The Kier molecular flexibility index (Phi) is 2.15. The van der Waals surface area contributed by atoms with Crippen LogP contribution >= 0.6 is 0 Å². The fourth-order valence-corrected chi connectivity index (χ4v) is 0.684. The van der Waals surface area contributed by atoms with Gasteiger partial charge in [0.2, 0.25) is 5.43 Å². The first-order chi connectivity index (χ1) is 5.24. The summed E-state index contributed by atoms with van der Waals surface area (Å²) in [6.07, 6.45) is 1.20. The highest BCUT2D eigenvalue weighted by atomic mass is 16.5. The minimum Gasteiger partial charge on any atom is -0.503 e. The smallest absolute Gasteiger partial charge is 0.226 e. The van der Waals surface area contributed by atoms with Crippen LogP contribution in [0.25, 0.3) is 0 Å². The Bertz CT molecular complexity index is 292. The number of rotatable bonds is 2. The number of aromatic hydroxyl groups is 1. The van der Waals surface area contributed by atoms with Crippen LogP contribution < -0.4 is 10.2 Å². The van der Waals surface area contributed by atoms with Crippen molar-refractivity contribution in [1.82, 2.24) is 4.98 Å². The summed E-state index contributed by atoms with van der Waals surface area (Å²) in [5.41, 5.74) is -0.438. The fraction of sp³-hybridized carbons (Fsp3) is 0.286. The van der Waals surface area contributed by atoms with Crippen LogP contribution in [-0.4, -0.2) is 16.7 Å². The second-order valence-electron chi connectivity index (χ2n) is 1.98. The highest BCUT2D eigenvalue weighted by Crippen LogP contribution is 2.04. The third-order valence-corrected chi connectivity index (χ3v) is 1.17. The predicted molar refractivity (Wildman–Crippen MR) is 39.9 cm³/mol. The molecule has 1 heterocycles. The van der Waals surface area contributed by atoms with Crippen LogP contribution in [0, 0.1) is 0 Å². The lowest BCUT2D eigenvalue weighted by Gasteiger charge is -2.00. The van der Waals surface area contributed by atoms with E-state index in [1.165, 1.54) is 12.3 Å². The summed E-state index contributed by atoms with van der Waals surface area (Å²) < 4.78 is 4.97. The quantitative estimate of drug-likeness (QED) is 0.652. The summed E-state index contributed by atoms with van der Waals surface area (Å²) in [6.45, 7) is 2.30. The van der Waals surface area contributed by atoms with E-state index >= 15 is 0 Å². The SMILES string of the molecule is CCOc1cc(=O)c(O)c[nH]1. The van der Waals surface area contributed by atoms with Gasteiger partial charge in [0.25, 0.3) is 0 Å². The van der Waals surface area contributed by atoms with Crippen LogP contribution in [0.3, 0.4) is 0 Å². The van der Waals surface area contributed by atoms with Crippen molar-refractivity contribution in [2.45, 2.75) is 6.92 Å². The van der Waals surface area contributed by atoms with Gasteiger partial charge < -0.3 is 14.8 Å². The van der Waals surface area contributed by atoms with Gasteiger partial charge >= 0.3 is 0 Å².